The molecule has 3 amide bonds. The van der Waals surface area contributed by atoms with E-state index >= 15 is 0 Å². The molecule has 2 aliphatic rings. The Morgan fingerprint density at radius 3 is 2.48 bits per heavy atom. The van der Waals surface area contributed by atoms with Crippen molar-refractivity contribution in [3.8, 4) is 0 Å². The molecule has 0 saturated carbocycles. The maximum atomic E-state index is 12.5. The van der Waals surface area contributed by atoms with Gasteiger partial charge >= 0.3 is 0 Å². The number of hydrogen-bond acceptors (Lipinski definition) is 5. The van der Waals surface area contributed by atoms with Crippen LogP contribution in [0.2, 0.25) is 0 Å². The van der Waals surface area contributed by atoms with Gasteiger partial charge in [-0.05, 0) is 24.8 Å². The zero-order chi connectivity index (χ0) is 22.1. The second-order valence-corrected chi connectivity index (χ2v) is 7.97. The molecule has 1 N–H and O–H groups in total. The first-order valence-corrected chi connectivity index (χ1v) is 11.1. The summed E-state index contributed by atoms with van der Waals surface area (Å²) in [5, 5.41) is 8.85. The zero-order valence-corrected chi connectivity index (χ0v) is 18.2. The average Bonchev–Trinajstić information content (AvgIpc) is 3.31. The highest BCUT2D eigenvalue weighted by atomic mass is 16.5. The smallest absolute Gasteiger partial charge is 0.243 e. The molecule has 0 aromatic heterocycles. The third kappa shape index (κ3) is 6.62. The minimum Gasteiger partial charge on any atom is -0.385 e. The van der Waals surface area contributed by atoms with Crippen molar-refractivity contribution in [2.75, 3.05) is 39.9 Å². The van der Waals surface area contributed by atoms with Crippen molar-refractivity contribution in [3.63, 3.8) is 0 Å². The Morgan fingerprint density at radius 2 is 1.77 bits per heavy atom. The second kappa shape index (κ2) is 11.6. The number of nitrogens with one attached hydrogen (secondary N) is 1. The average molecular weight is 429 g/mol. The number of amides is 3. The number of hydrazone groups is 1. The number of rotatable bonds is 9. The molecular formula is C23H32N4O4. The molecule has 2 heterocycles. The molecule has 0 bridgehead atoms. The minimum absolute atomic E-state index is 0.0289. The van der Waals surface area contributed by atoms with Crippen molar-refractivity contribution >= 4 is 23.4 Å². The van der Waals surface area contributed by atoms with Crippen LogP contribution in [0.4, 0.5) is 0 Å². The van der Waals surface area contributed by atoms with Gasteiger partial charge in [-0.1, -0.05) is 30.3 Å². The SMILES string of the molecule is COCCCNC(=O)C1CCN(C(=O)CCC(=O)N2CCC(c3ccccc3)=N2)CC1. The number of hydrogen-bond donors (Lipinski definition) is 1. The summed E-state index contributed by atoms with van der Waals surface area (Å²) in [5.41, 5.74) is 1.93. The lowest BCUT2D eigenvalue weighted by atomic mass is 9.95. The number of ether oxygens (including phenoxy) is 1. The molecule has 0 unspecified atom stereocenters. The Labute approximate surface area is 183 Å². The van der Waals surface area contributed by atoms with Gasteiger partial charge in [0, 0.05) is 58.5 Å². The number of carbonyl (C=O) groups excluding carboxylic acids is 3. The van der Waals surface area contributed by atoms with E-state index in [1.54, 1.807) is 12.0 Å². The van der Waals surface area contributed by atoms with Crippen molar-refractivity contribution in [2.24, 2.45) is 11.0 Å². The highest BCUT2D eigenvalue weighted by Crippen LogP contribution is 2.19. The minimum atomic E-state index is -0.121. The molecule has 1 aromatic rings. The summed E-state index contributed by atoms with van der Waals surface area (Å²) >= 11 is 0. The Bertz CT molecular complexity index is 788. The number of piperidine rings is 1. The molecule has 8 nitrogen and oxygen atoms in total. The van der Waals surface area contributed by atoms with Gasteiger partial charge in [-0.25, -0.2) is 5.01 Å². The highest BCUT2D eigenvalue weighted by molar-refractivity contribution is 6.02. The molecule has 1 fully saturated rings. The van der Waals surface area contributed by atoms with Crippen LogP contribution in [-0.4, -0.2) is 73.2 Å². The summed E-state index contributed by atoms with van der Waals surface area (Å²) in [4.78, 5) is 39.0. The molecule has 0 spiro atoms. The van der Waals surface area contributed by atoms with Crippen LogP contribution in [0.3, 0.4) is 0 Å². The van der Waals surface area contributed by atoms with Gasteiger partial charge in [0.1, 0.15) is 0 Å². The topological polar surface area (TPSA) is 91.3 Å². The fraction of sp³-hybridized carbons (Fsp3) is 0.565. The lowest BCUT2D eigenvalue weighted by Crippen LogP contribution is -2.43. The normalized spacial score (nSPS) is 16.9. The molecule has 1 aromatic carbocycles. The second-order valence-electron chi connectivity index (χ2n) is 7.97. The molecule has 3 rings (SSSR count). The van der Waals surface area contributed by atoms with Gasteiger partial charge in [0.25, 0.3) is 0 Å². The first kappa shape index (κ1) is 22.9. The fourth-order valence-electron chi connectivity index (χ4n) is 3.94. The van der Waals surface area contributed by atoms with Crippen molar-refractivity contribution in [1.82, 2.24) is 15.2 Å². The number of methoxy groups -OCH3 is 1. The van der Waals surface area contributed by atoms with Crippen molar-refractivity contribution in [2.45, 2.75) is 38.5 Å². The first-order chi connectivity index (χ1) is 15.1. The van der Waals surface area contributed by atoms with Gasteiger partial charge < -0.3 is 15.0 Å². The third-order valence-electron chi connectivity index (χ3n) is 5.79. The molecule has 168 valence electrons. The van der Waals surface area contributed by atoms with E-state index in [0.29, 0.717) is 45.6 Å². The van der Waals surface area contributed by atoms with E-state index in [1.165, 1.54) is 5.01 Å². The maximum Gasteiger partial charge on any atom is 0.243 e. The van der Waals surface area contributed by atoms with Crippen molar-refractivity contribution in [3.05, 3.63) is 35.9 Å². The fourth-order valence-corrected chi connectivity index (χ4v) is 3.94. The van der Waals surface area contributed by atoms with Gasteiger partial charge in [-0.3, -0.25) is 14.4 Å². The standard InChI is InChI=1S/C23H32N4O4/c1-31-17-5-13-24-23(30)19-10-14-26(15-11-19)21(28)8-9-22(29)27-16-12-20(25-27)18-6-3-2-4-7-18/h2-4,6-7,19H,5,8-17H2,1H3,(H,24,30). The van der Waals surface area contributed by atoms with E-state index in [2.05, 4.69) is 10.4 Å². The summed E-state index contributed by atoms with van der Waals surface area (Å²) in [7, 11) is 1.64. The van der Waals surface area contributed by atoms with Gasteiger partial charge in [0.2, 0.25) is 17.7 Å². The van der Waals surface area contributed by atoms with Gasteiger partial charge in [-0.2, -0.15) is 5.10 Å². The summed E-state index contributed by atoms with van der Waals surface area (Å²) in [5.74, 6) is -0.147. The van der Waals surface area contributed by atoms with E-state index in [9.17, 15) is 14.4 Å². The Kier molecular flexibility index (Phi) is 8.58. The molecule has 0 radical (unpaired) electrons. The molecule has 0 aliphatic carbocycles. The Hall–Kier alpha value is -2.74. The van der Waals surface area contributed by atoms with Crippen LogP contribution in [-0.2, 0) is 19.1 Å². The first-order valence-electron chi connectivity index (χ1n) is 11.1. The number of carbonyl (C=O) groups is 3. The summed E-state index contributed by atoms with van der Waals surface area (Å²) in [6, 6.07) is 9.83. The Balaban J connectivity index is 1.37. The van der Waals surface area contributed by atoms with E-state index in [1.807, 2.05) is 30.3 Å². The van der Waals surface area contributed by atoms with Crippen LogP contribution in [0.25, 0.3) is 0 Å². The lowest BCUT2D eigenvalue weighted by Gasteiger charge is -2.31. The van der Waals surface area contributed by atoms with Crippen LogP contribution < -0.4 is 5.32 Å². The highest BCUT2D eigenvalue weighted by Gasteiger charge is 2.28. The van der Waals surface area contributed by atoms with Crippen molar-refractivity contribution in [1.29, 1.82) is 0 Å². The van der Waals surface area contributed by atoms with Gasteiger partial charge in [0.05, 0.1) is 12.3 Å². The molecule has 31 heavy (non-hydrogen) atoms. The largest absolute Gasteiger partial charge is 0.385 e. The molecule has 2 aliphatic heterocycles. The van der Waals surface area contributed by atoms with E-state index < -0.39 is 0 Å². The predicted molar refractivity (Wildman–Crippen MR) is 117 cm³/mol. The molecule has 1 saturated heterocycles. The quantitative estimate of drug-likeness (QED) is 0.607. The summed E-state index contributed by atoms with van der Waals surface area (Å²) < 4.78 is 4.98. The van der Waals surface area contributed by atoms with E-state index in [4.69, 9.17) is 4.74 Å². The number of benzene rings is 1. The monoisotopic (exact) mass is 428 g/mol. The van der Waals surface area contributed by atoms with Crippen LogP contribution in [0.15, 0.2) is 35.4 Å². The lowest BCUT2D eigenvalue weighted by molar-refractivity contribution is -0.138. The van der Waals surface area contributed by atoms with Crippen molar-refractivity contribution < 1.29 is 19.1 Å². The zero-order valence-electron chi connectivity index (χ0n) is 18.2. The van der Waals surface area contributed by atoms with Gasteiger partial charge in [0.15, 0.2) is 0 Å². The summed E-state index contributed by atoms with van der Waals surface area (Å²) in [6.45, 7) is 2.91. The van der Waals surface area contributed by atoms with Gasteiger partial charge in [-0.15, -0.1) is 0 Å². The summed E-state index contributed by atoms with van der Waals surface area (Å²) in [6.07, 6.45) is 3.18. The van der Waals surface area contributed by atoms with E-state index in [-0.39, 0.29) is 36.5 Å². The molecular weight excluding hydrogens is 396 g/mol. The van der Waals surface area contributed by atoms with E-state index in [0.717, 1.165) is 24.1 Å². The molecule has 8 heteroatoms. The van der Waals surface area contributed by atoms with Crippen LogP contribution in [0.1, 0.15) is 44.1 Å². The van der Waals surface area contributed by atoms with Crippen LogP contribution in [0, 0.1) is 5.92 Å². The number of nitrogens with zero attached hydrogens (tertiary/aromatic N) is 3. The predicted octanol–water partition coefficient (Wildman–Crippen LogP) is 1.79. The van der Waals surface area contributed by atoms with Crippen LogP contribution in [0.5, 0.6) is 0 Å². The Morgan fingerprint density at radius 1 is 1.06 bits per heavy atom. The van der Waals surface area contributed by atoms with Crippen LogP contribution >= 0.6 is 0 Å². The molecule has 0 atom stereocenters. The number of likely N-dealkylation sites (tertiary alicyclic amines) is 1. The maximum absolute atomic E-state index is 12.5. The third-order valence-corrected chi connectivity index (χ3v) is 5.79.